The summed E-state index contributed by atoms with van der Waals surface area (Å²) in [4.78, 5) is 0. The van der Waals surface area contributed by atoms with Gasteiger partial charge in [0.1, 0.15) is 18.3 Å². The molecule has 0 spiro atoms. The van der Waals surface area contributed by atoms with Crippen molar-refractivity contribution in [3.63, 3.8) is 0 Å². The molecule has 1 aliphatic rings. The molecular formula is C6H12O5. The molecule has 1 fully saturated rings. The maximum absolute atomic E-state index is 9.19. The van der Waals surface area contributed by atoms with E-state index in [1.54, 1.807) is 0 Å². The van der Waals surface area contributed by atoms with Crippen molar-refractivity contribution in [1.29, 1.82) is 0 Å². The van der Waals surface area contributed by atoms with E-state index in [2.05, 4.69) is 0 Å². The highest BCUT2D eigenvalue weighted by Crippen LogP contribution is 2.27. The summed E-state index contributed by atoms with van der Waals surface area (Å²) >= 11 is 0. The summed E-state index contributed by atoms with van der Waals surface area (Å²) in [7, 11) is 0. The fourth-order valence-corrected chi connectivity index (χ4v) is 1.11. The largest absolute Gasteiger partial charge is 0.394 e. The fourth-order valence-electron chi connectivity index (χ4n) is 1.11. The van der Waals surface area contributed by atoms with Gasteiger partial charge in [-0.05, 0) is 6.92 Å². The molecule has 11 heavy (non-hydrogen) atoms. The predicted octanol–water partition coefficient (Wildman–Crippen LogP) is -2.19. The molecule has 1 aliphatic heterocycles. The first-order valence-electron chi connectivity index (χ1n) is 3.36. The van der Waals surface area contributed by atoms with Gasteiger partial charge in [0.2, 0.25) is 0 Å². The Morgan fingerprint density at radius 2 is 2.00 bits per heavy atom. The lowest BCUT2D eigenvalue weighted by molar-refractivity contribution is -0.217. The standard InChI is InChI=1S/C6H12O5/c1-6(10)5(9)4(8)3(2-7)11-6/h3-5,7-10H,2H2,1H3/t3-,4?,5+,6?/m1/s1. The maximum atomic E-state index is 9.19. The maximum Gasteiger partial charge on any atom is 0.192 e. The van der Waals surface area contributed by atoms with Crippen molar-refractivity contribution in [2.45, 2.75) is 31.0 Å². The van der Waals surface area contributed by atoms with E-state index in [-0.39, 0.29) is 0 Å². The zero-order valence-electron chi connectivity index (χ0n) is 6.14. The Labute approximate surface area is 63.8 Å². The highest BCUT2D eigenvalue weighted by molar-refractivity contribution is 4.92. The number of rotatable bonds is 1. The first-order valence-corrected chi connectivity index (χ1v) is 3.36. The lowest BCUT2D eigenvalue weighted by Gasteiger charge is -2.19. The number of hydrogen-bond donors (Lipinski definition) is 4. The SMILES string of the molecule is CC1(O)O[C@H](CO)C(O)[C@@H]1O. The second-order valence-electron chi connectivity index (χ2n) is 2.83. The summed E-state index contributed by atoms with van der Waals surface area (Å²) in [6.45, 7) is 0.810. The van der Waals surface area contributed by atoms with E-state index in [0.717, 1.165) is 0 Å². The molecule has 1 saturated heterocycles. The Morgan fingerprint density at radius 1 is 1.45 bits per heavy atom. The second kappa shape index (κ2) is 2.69. The number of aliphatic hydroxyl groups excluding tert-OH is 3. The quantitative estimate of drug-likeness (QED) is 0.353. The van der Waals surface area contributed by atoms with Crippen LogP contribution in [0.15, 0.2) is 0 Å². The van der Waals surface area contributed by atoms with Gasteiger partial charge in [-0.15, -0.1) is 0 Å². The first kappa shape index (κ1) is 8.89. The molecule has 0 amide bonds. The van der Waals surface area contributed by atoms with E-state index >= 15 is 0 Å². The van der Waals surface area contributed by atoms with Crippen LogP contribution < -0.4 is 0 Å². The van der Waals surface area contributed by atoms with Crippen molar-refractivity contribution < 1.29 is 25.2 Å². The van der Waals surface area contributed by atoms with Gasteiger partial charge in [0.25, 0.3) is 0 Å². The Hall–Kier alpha value is -0.200. The topological polar surface area (TPSA) is 90.2 Å². The van der Waals surface area contributed by atoms with E-state index < -0.39 is 30.7 Å². The molecule has 66 valence electrons. The molecule has 1 rings (SSSR count). The number of hydrogen-bond acceptors (Lipinski definition) is 5. The van der Waals surface area contributed by atoms with Crippen molar-refractivity contribution >= 4 is 0 Å². The van der Waals surface area contributed by atoms with Gasteiger partial charge in [-0.25, -0.2) is 0 Å². The van der Waals surface area contributed by atoms with E-state index in [1.165, 1.54) is 6.92 Å². The van der Waals surface area contributed by atoms with Crippen LogP contribution in [0.4, 0.5) is 0 Å². The molecule has 5 nitrogen and oxygen atoms in total. The van der Waals surface area contributed by atoms with Crippen LogP contribution in [0.1, 0.15) is 6.92 Å². The normalized spacial score (nSPS) is 51.5. The van der Waals surface area contributed by atoms with Crippen LogP contribution in [-0.4, -0.2) is 51.1 Å². The molecular weight excluding hydrogens is 152 g/mol. The summed E-state index contributed by atoms with van der Waals surface area (Å²) in [5.74, 6) is -1.76. The molecule has 0 bridgehead atoms. The second-order valence-corrected chi connectivity index (χ2v) is 2.83. The number of ether oxygens (including phenoxy) is 1. The van der Waals surface area contributed by atoms with Crippen molar-refractivity contribution in [2.75, 3.05) is 6.61 Å². The summed E-state index contributed by atoms with van der Waals surface area (Å²) < 4.78 is 4.73. The zero-order chi connectivity index (χ0) is 8.65. The fraction of sp³-hybridized carbons (Fsp3) is 1.00. The average molecular weight is 164 g/mol. The van der Waals surface area contributed by atoms with Gasteiger partial charge in [0.05, 0.1) is 6.61 Å². The highest BCUT2D eigenvalue weighted by Gasteiger charge is 2.49. The number of aliphatic hydroxyl groups is 4. The molecule has 0 aromatic rings. The third kappa shape index (κ3) is 1.38. The van der Waals surface area contributed by atoms with Gasteiger partial charge < -0.3 is 25.2 Å². The first-order chi connectivity index (χ1) is 4.99. The molecule has 2 unspecified atom stereocenters. The van der Waals surface area contributed by atoms with Crippen LogP contribution in [0.5, 0.6) is 0 Å². The van der Waals surface area contributed by atoms with E-state index in [0.29, 0.717) is 0 Å². The van der Waals surface area contributed by atoms with Crippen LogP contribution in [0, 0.1) is 0 Å². The monoisotopic (exact) mass is 164 g/mol. The van der Waals surface area contributed by atoms with Crippen LogP contribution in [0.2, 0.25) is 0 Å². The third-order valence-corrected chi connectivity index (χ3v) is 1.82. The Morgan fingerprint density at radius 3 is 2.18 bits per heavy atom. The van der Waals surface area contributed by atoms with Crippen molar-refractivity contribution in [3.8, 4) is 0 Å². The van der Waals surface area contributed by atoms with Crippen LogP contribution in [0.25, 0.3) is 0 Å². The zero-order valence-corrected chi connectivity index (χ0v) is 6.14. The van der Waals surface area contributed by atoms with Gasteiger partial charge in [-0.3, -0.25) is 0 Å². The molecule has 0 aliphatic carbocycles. The minimum atomic E-state index is -1.76. The van der Waals surface area contributed by atoms with Crippen LogP contribution >= 0.6 is 0 Å². The van der Waals surface area contributed by atoms with Crippen LogP contribution in [-0.2, 0) is 4.74 Å². The molecule has 5 heteroatoms. The van der Waals surface area contributed by atoms with E-state index in [1.807, 2.05) is 0 Å². The van der Waals surface area contributed by atoms with Crippen LogP contribution in [0.3, 0.4) is 0 Å². The lowest BCUT2D eigenvalue weighted by Crippen LogP contribution is -2.40. The Bertz CT molecular complexity index is 146. The van der Waals surface area contributed by atoms with Gasteiger partial charge >= 0.3 is 0 Å². The molecule has 4 atom stereocenters. The lowest BCUT2D eigenvalue weighted by atomic mass is 10.1. The van der Waals surface area contributed by atoms with Crippen molar-refractivity contribution in [1.82, 2.24) is 0 Å². The Balaban J connectivity index is 2.69. The van der Waals surface area contributed by atoms with E-state index in [9.17, 15) is 5.11 Å². The summed E-state index contributed by atoms with van der Waals surface area (Å²) in [6.07, 6.45) is -3.49. The van der Waals surface area contributed by atoms with Gasteiger partial charge in [0.15, 0.2) is 5.79 Å². The molecule has 4 N–H and O–H groups in total. The molecule has 0 aromatic carbocycles. The van der Waals surface area contributed by atoms with Gasteiger partial charge in [-0.2, -0.15) is 0 Å². The smallest absolute Gasteiger partial charge is 0.192 e. The predicted molar refractivity (Wildman–Crippen MR) is 34.6 cm³/mol. The summed E-state index contributed by atoms with van der Waals surface area (Å²) in [5, 5.41) is 36.0. The molecule has 0 radical (unpaired) electrons. The Kier molecular flexibility index (Phi) is 2.17. The summed E-state index contributed by atoms with van der Waals surface area (Å²) in [6, 6.07) is 0. The van der Waals surface area contributed by atoms with Crippen molar-refractivity contribution in [2.24, 2.45) is 0 Å². The average Bonchev–Trinajstić information content (AvgIpc) is 2.13. The molecule has 0 aromatic heterocycles. The van der Waals surface area contributed by atoms with E-state index in [4.69, 9.17) is 20.1 Å². The minimum absolute atomic E-state index is 0.422. The highest BCUT2D eigenvalue weighted by atomic mass is 16.7. The summed E-state index contributed by atoms with van der Waals surface area (Å²) in [5.41, 5.74) is 0. The molecule has 1 heterocycles. The third-order valence-electron chi connectivity index (χ3n) is 1.82. The minimum Gasteiger partial charge on any atom is -0.394 e. The van der Waals surface area contributed by atoms with Gasteiger partial charge in [0, 0.05) is 0 Å². The van der Waals surface area contributed by atoms with Gasteiger partial charge in [-0.1, -0.05) is 0 Å². The van der Waals surface area contributed by atoms with Crippen molar-refractivity contribution in [3.05, 3.63) is 0 Å². The molecule has 0 saturated carbocycles.